The molecule has 1 rings (SSSR count). The van der Waals surface area contributed by atoms with E-state index in [0.29, 0.717) is 4.99 Å². The van der Waals surface area contributed by atoms with Crippen molar-refractivity contribution in [2.45, 2.75) is 26.4 Å². The van der Waals surface area contributed by atoms with Crippen molar-refractivity contribution in [1.82, 2.24) is 9.88 Å². The molecule has 1 atom stereocenters. The number of thiocarbonyl (C=S) groups is 1. The molecule has 0 spiro atoms. The summed E-state index contributed by atoms with van der Waals surface area (Å²) >= 11 is 4.96. The van der Waals surface area contributed by atoms with E-state index >= 15 is 0 Å². The number of pyridine rings is 1. The Morgan fingerprint density at radius 3 is 2.87 bits per heavy atom. The number of hydrogen-bond donors (Lipinski definition) is 1. The fraction of sp³-hybridized carbons (Fsp3) is 0.455. The number of aryl methyl sites for hydroxylation is 1. The quantitative estimate of drug-likeness (QED) is 0.785. The maximum atomic E-state index is 5.60. The molecule has 0 amide bonds. The summed E-state index contributed by atoms with van der Waals surface area (Å²) < 4.78 is 0. The van der Waals surface area contributed by atoms with Gasteiger partial charge in [0, 0.05) is 12.7 Å². The van der Waals surface area contributed by atoms with Crippen LogP contribution >= 0.6 is 12.2 Å². The molecular weight excluding hydrogens is 206 g/mol. The average Bonchev–Trinajstić information content (AvgIpc) is 2.20. The third kappa shape index (κ3) is 3.25. The van der Waals surface area contributed by atoms with Gasteiger partial charge in [-0.05, 0) is 32.5 Å². The van der Waals surface area contributed by atoms with Crippen LogP contribution in [-0.2, 0) is 6.54 Å². The van der Waals surface area contributed by atoms with E-state index in [1.165, 1.54) is 5.56 Å². The van der Waals surface area contributed by atoms with Crippen molar-refractivity contribution in [2.24, 2.45) is 5.73 Å². The van der Waals surface area contributed by atoms with E-state index in [0.717, 1.165) is 12.2 Å². The summed E-state index contributed by atoms with van der Waals surface area (Å²) in [6.07, 6.45) is 1.81. The molecule has 0 radical (unpaired) electrons. The zero-order chi connectivity index (χ0) is 11.4. The van der Waals surface area contributed by atoms with Crippen molar-refractivity contribution in [3.05, 3.63) is 29.6 Å². The minimum absolute atomic E-state index is 0.0985. The predicted octanol–water partition coefficient (Wildman–Crippen LogP) is 1.50. The summed E-state index contributed by atoms with van der Waals surface area (Å²) in [7, 11) is 2.00. The van der Waals surface area contributed by atoms with Gasteiger partial charge in [-0.15, -0.1) is 0 Å². The van der Waals surface area contributed by atoms with Crippen LogP contribution in [0.25, 0.3) is 0 Å². The molecular formula is C11H17N3S. The first-order chi connectivity index (χ1) is 7.02. The Balaban J connectivity index is 2.70. The van der Waals surface area contributed by atoms with E-state index < -0.39 is 0 Å². The fourth-order valence-corrected chi connectivity index (χ4v) is 1.45. The van der Waals surface area contributed by atoms with Crippen LogP contribution in [0.4, 0.5) is 0 Å². The Kier molecular flexibility index (Phi) is 4.17. The number of aromatic nitrogens is 1. The Hall–Kier alpha value is -1.00. The summed E-state index contributed by atoms with van der Waals surface area (Å²) in [5.74, 6) is 0. The van der Waals surface area contributed by atoms with E-state index in [9.17, 15) is 0 Å². The van der Waals surface area contributed by atoms with Gasteiger partial charge >= 0.3 is 0 Å². The maximum absolute atomic E-state index is 5.60. The molecule has 1 aromatic heterocycles. The van der Waals surface area contributed by atoms with Crippen molar-refractivity contribution >= 4 is 17.2 Å². The number of nitrogens with zero attached hydrogens (tertiary/aromatic N) is 2. The molecule has 0 fully saturated rings. The summed E-state index contributed by atoms with van der Waals surface area (Å²) in [6.45, 7) is 4.83. The van der Waals surface area contributed by atoms with Crippen LogP contribution < -0.4 is 5.73 Å². The molecule has 4 heteroatoms. The molecule has 15 heavy (non-hydrogen) atoms. The van der Waals surface area contributed by atoms with E-state index in [-0.39, 0.29) is 6.04 Å². The third-order valence-corrected chi connectivity index (χ3v) is 2.93. The molecule has 1 unspecified atom stereocenters. The van der Waals surface area contributed by atoms with Crippen LogP contribution in [0, 0.1) is 6.92 Å². The zero-order valence-corrected chi connectivity index (χ0v) is 10.2. The van der Waals surface area contributed by atoms with Crippen LogP contribution in [0.15, 0.2) is 18.3 Å². The molecule has 3 nitrogen and oxygen atoms in total. The number of likely N-dealkylation sites (N-methyl/N-ethyl adjacent to an activating group) is 1. The summed E-state index contributed by atoms with van der Waals surface area (Å²) in [6, 6.07) is 4.10. The highest BCUT2D eigenvalue weighted by molar-refractivity contribution is 7.80. The van der Waals surface area contributed by atoms with Crippen molar-refractivity contribution in [3.8, 4) is 0 Å². The fourth-order valence-electron chi connectivity index (χ4n) is 1.27. The zero-order valence-electron chi connectivity index (χ0n) is 9.40. The molecule has 0 bridgehead atoms. The Labute approximate surface area is 96.3 Å². The molecule has 2 N–H and O–H groups in total. The van der Waals surface area contributed by atoms with Gasteiger partial charge < -0.3 is 5.73 Å². The molecule has 0 saturated heterocycles. The second kappa shape index (κ2) is 5.19. The van der Waals surface area contributed by atoms with E-state index in [1.807, 2.05) is 26.2 Å². The smallest absolute Gasteiger partial charge is 0.0899 e. The lowest BCUT2D eigenvalue weighted by atomic mass is 10.2. The minimum Gasteiger partial charge on any atom is -0.392 e. The highest BCUT2D eigenvalue weighted by Gasteiger charge is 2.13. The molecule has 0 aromatic carbocycles. The van der Waals surface area contributed by atoms with E-state index in [2.05, 4.69) is 22.9 Å². The molecule has 0 saturated carbocycles. The molecule has 0 aliphatic heterocycles. The highest BCUT2D eigenvalue weighted by Crippen LogP contribution is 2.08. The lowest BCUT2D eigenvalue weighted by Gasteiger charge is -2.23. The second-order valence-electron chi connectivity index (χ2n) is 3.76. The molecule has 1 aromatic rings. The van der Waals surface area contributed by atoms with Gasteiger partial charge in [-0.25, -0.2) is 0 Å². The van der Waals surface area contributed by atoms with Crippen molar-refractivity contribution in [2.75, 3.05) is 7.05 Å². The van der Waals surface area contributed by atoms with Crippen LogP contribution in [0.5, 0.6) is 0 Å². The number of rotatable bonds is 4. The van der Waals surface area contributed by atoms with Crippen LogP contribution in [0.1, 0.15) is 18.2 Å². The SMILES string of the molecule is Cc1cccnc1CN(C)C(C)C(N)=S. The van der Waals surface area contributed by atoms with Crippen molar-refractivity contribution in [1.29, 1.82) is 0 Å². The van der Waals surface area contributed by atoms with Gasteiger partial charge in [0.05, 0.1) is 16.7 Å². The van der Waals surface area contributed by atoms with Gasteiger partial charge in [-0.2, -0.15) is 0 Å². The lowest BCUT2D eigenvalue weighted by Crippen LogP contribution is -2.38. The Morgan fingerprint density at radius 2 is 2.33 bits per heavy atom. The number of nitrogens with two attached hydrogens (primary N) is 1. The largest absolute Gasteiger partial charge is 0.392 e. The van der Waals surface area contributed by atoms with Gasteiger partial charge in [-0.3, -0.25) is 9.88 Å². The van der Waals surface area contributed by atoms with E-state index in [4.69, 9.17) is 18.0 Å². The van der Waals surface area contributed by atoms with Crippen LogP contribution in [0.3, 0.4) is 0 Å². The van der Waals surface area contributed by atoms with Gasteiger partial charge in [0.15, 0.2) is 0 Å². The lowest BCUT2D eigenvalue weighted by molar-refractivity contribution is 0.300. The summed E-state index contributed by atoms with van der Waals surface area (Å²) in [5.41, 5.74) is 7.86. The molecule has 0 aliphatic carbocycles. The topological polar surface area (TPSA) is 42.2 Å². The highest BCUT2D eigenvalue weighted by atomic mass is 32.1. The van der Waals surface area contributed by atoms with Gasteiger partial charge in [0.25, 0.3) is 0 Å². The Bertz CT molecular complexity index is 351. The first kappa shape index (κ1) is 12.1. The Morgan fingerprint density at radius 1 is 1.67 bits per heavy atom. The van der Waals surface area contributed by atoms with E-state index in [1.54, 1.807) is 0 Å². The molecule has 1 heterocycles. The monoisotopic (exact) mass is 223 g/mol. The summed E-state index contributed by atoms with van der Waals surface area (Å²) in [5, 5.41) is 0. The van der Waals surface area contributed by atoms with Crippen molar-refractivity contribution < 1.29 is 0 Å². The van der Waals surface area contributed by atoms with Gasteiger partial charge in [0.1, 0.15) is 0 Å². The predicted molar refractivity (Wildman–Crippen MR) is 66.7 cm³/mol. The van der Waals surface area contributed by atoms with Crippen LogP contribution in [-0.4, -0.2) is 28.0 Å². The first-order valence-corrected chi connectivity index (χ1v) is 5.33. The van der Waals surface area contributed by atoms with Crippen LogP contribution in [0.2, 0.25) is 0 Å². The summed E-state index contributed by atoms with van der Waals surface area (Å²) in [4.78, 5) is 6.95. The van der Waals surface area contributed by atoms with Gasteiger partial charge in [-0.1, -0.05) is 18.3 Å². The normalized spacial score (nSPS) is 12.8. The standard InChI is InChI=1S/C11H17N3S/c1-8-5-4-6-13-10(8)7-14(3)9(2)11(12)15/h4-6,9H,7H2,1-3H3,(H2,12,15). The first-order valence-electron chi connectivity index (χ1n) is 4.92. The number of hydrogen-bond acceptors (Lipinski definition) is 3. The van der Waals surface area contributed by atoms with Gasteiger partial charge in [0.2, 0.25) is 0 Å². The molecule has 82 valence electrons. The average molecular weight is 223 g/mol. The second-order valence-corrected chi connectivity index (χ2v) is 4.23. The minimum atomic E-state index is 0.0985. The maximum Gasteiger partial charge on any atom is 0.0899 e. The third-order valence-electron chi connectivity index (χ3n) is 2.59. The molecule has 0 aliphatic rings. The van der Waals surface area contributed by atoms with Crippen molar-refractivity contribution in [3.63, 3.8) is 0 Å².